The molecule has 0 aliphatic rings. The van der Waals surface area contributed by atoms with Crippen LogP contribution in [0, 0.1) is 0 Å². The molecule has 0 saturated carbocycles. The summed E-state index contributed by atoms with van der Waals surface area (Å²) in [5.74, 6) is 0.956. The van der Waals surface area contributed by atoms with Gasteiger partial charge in [0.1, 0.15) is 18.1 Å². The van der Waals surface area contributed by atoms with Gasteiger partial charge in [-0.1, -0.05) is 65.7 Å². The molecular weight excluding hydrogens is 467 g/mol. The molecule has 0 unspecified atom stereocenters. The van der Waals surface area contributed by atoms with Crippen LogP contribution in [0.15, 0.2) is 72.8 Å². The van der Waals surface area contributed by atoms with Crippen LogP contribution in [-0.4, -0.2) is 17.6 Å². The van der Waals surface area contributed by atoms with Gasteiger partial charge in [0.15, 0.2) is 5.11 Å². The largest absolute Gasteiger partial charge is 0.492 e. The van der Waals surface area contributed by atoms with E-state index in [1.807, 2.05) is 54.6 Å². The molecule has 0 fully saturated rings. The lowest BCUT2D eigenvalue weighted by molar-refractivity contribution is -0.119. The lowest BCUT2D eigenvalue weighted by Crippen LogP contribution is -2.34. The van der Waals surface area contributed by atoms with Gasteiger partial charge in [-0.2, -0.15) is 0 Å². The number of hydrogen-bond acceptors (Lipinski definition) is 4. The molecule has 3 rings (SSSR count). The molecule has 166 valence electrons. The zero-order valence-corrected chi connectivity index (χ0v) is 19.5. The average molecular weight is 489 g/mol. The van der Waals surface area contributed by atoms with Crippen molar-refractivity contribution in [1.29, 1.82) is 0 Å². The van der Waals surface area contributed by atoms with E-state index < -0.39 is 0 Å². The Bertz CT molecular complexity index is 1060. The monoisotopic (exact) mass is 488 g/mol. The first-order valence-corrected chi connectivity index (χ1v) is 11.1. The maximum absolute atomic E-state index is 12.2. The summed E-state index contributed by atoms with van der Waals surface area (Å²) in [4.78, 5) is 12.2. The zero-order valence-electron chi connectivity index (χ0n) is 17.1. The summed E-state index contributed by atoms with van der Waals surface area (Å²) in [6.45, 7) is 0.765. The number of ether oxygens (including phenoxy) is 2. The van der Waals surface area contributed by atoms with Crippen molar-refractivity contribution in [1.82, 2.24) is 5.32 Å². The number of thiocarbonyl (C=S) groups is 1. The Labute approximate surface area is 202 Å². The average Bonchev–Trinajstić information content (AvgIpc) is 2.78. The molecule has 0 saturated heterocycles. The van der Waals surface area contributed by atoms with Crippen LogP contribution >= 0.6 is 35.4 Å². The van der Waals surface area contributed by atoms with Crippen molar-refractivity contribution in [2.24, 2.45) is 0 Å². The fraction of sp³-hybridized carbons (Fsp3) is 0.167. The van der Waals surface area contributed by atoms with E-state index in [-0.39, 0.29) is 17.4 Å². The first-order valence-electron chi connectivity index (χ1n) is 9.95. The number of amides is 1. The van der Waals surface area contributed by atoms with Crippen LogP contribution in [-0.2, 0) is 11.4 Å². The molecular formula is C24H22Cl2N2O3S. The van der Waals surface area contributed by atoms with Crippen molar-refractivity contribution in [3.63, 3.8) is 0 Å². The lowest BCUT2D eigenvalue weighted by atomic mass is 10.2. The third-order valence-electron chi connectivity index (χ3n) is 4.33. The van der Waals surface area contributed by atoms with Gasteiger partial charge < -0.3 is 20.1 Å². The number of carbonyl (C=O) groups excluding carboxylic acids is 1. The van der Waals surface area contributed by atoms with Gasteiger partial charge in [0.25, 0.3) is 0 Å². The Morgan fingerprint density at radius 1 is 0.906 bits per heavy atom. The Kier molecular flexibility index (Phi) is 9.16. The second kappa shape index (κ2) is 12.3. The molecule has 0 bridgehead atoms. The minimum atomic E-state index is -0.212. The summed E-state index contributed by atoms with van der Waals surface area (Å²) in [7, 11) is 0. The van der Waals surface area contributed by atoms with Crippen LogP contribution in [0.25, 0.3) is 0 Å². The fourth-order valence-corrected chi connectivity index (χ4v) is 3.47. The molecule has 1 amide bonds. The van der Waals surface area contributed by atoms with Crippen LogP contribution in [0.3, 0.4) is 0 Å². The molecule has 0 aliphatic heterocycles. The van der Waals surface area contributed by atoms with E-state index in [9.17, 15) is 4.79 Å². The van der Waals surface area contributed by atoms with Gasteiger partial charge in [0.2, 0.25) is 5.91 Å². The molecule has 0 atom stereocenters. The Hall–Kier alpha value is -2.80. The van der Waals surface area contributed by atoms with Gasteiger partial charge in [-0.05, 0) is 54.5 Å². The SMILES string of the molecule is O=C(CCCOc1ccc(Cl)cc1Cl)NC(=S)Nc1ccccc1OCc1ccccc1. The number of carbonyl (C=O) groups is 1. The Morgan fingerprint density at radius 2 is 1.66 bits per heavy atom. The lowest BCUT2D eigenvalue weighted by Gasteiger charge is -2.14. The number of anilines is 1. The fourth-order valence-electron chi connectivity index (χ4n) is 2.78. The second-order valence-corrected chi connectivity index (χ2v) is 8.05. The van der Waals surface area contributed by atoms with E-state index in [2.05, 4.69) is 10.6 Å². The molecule has 32 heavy (non-hydrogen) atoms. The van der Waals surface area contributed by atoms with Gasteiger partial charge in [0, 0.05) is 11.4 Å². The first kappa shape index (κ1) is 23.9. The van der Waals surface area contributed by atoms with Crippen LogP contribution in [0.5, 0.6) is 11.5 Å². The number of hydrogen-bond donors (Lipinski definition) is 2. The number of benzene rings is 3. The van der Waals surface area contributed by atoms with Gasteiger partial charge in [0.05, 0.1) is 17.3 Å². The third-order valence-corrected chi connectivity index (χ3v) is 5.06. The zero-order chi connectivity index (χ0) is 22.8. The van der Waals surface area contributed by atoms with E-state index in [0.29, 0.717) is 46.9 Å². The highest BCUT2D eigenvalue weighted by atomic mass is 35.5. The highest BCUT2D eigenvalue weighted by Gasteiger charge is 2.09. The molecule has 0 aliphatic carbocycles. The predicted octanol–water partition coefficient (Wildman–Crippen LogP) is 6.24. The number of rotatable bonds is 9. The normalized spacial score (nSPS) is 10.3. The second-order valence-electron chi connectivity index (χ2n) is 6.80. The van der Waals surface area contributed by atoms with Crippen LogP contribution in [0.1, 0.15) is 18.4 Å². The summed E-state index contributed by atoms with van der Waals surface area (Å²) in [5.41, 5.74) is 1.73. The number of para-hydroxylation sites is 2. The van der Waals surface area contributed by atoms with Crippen molar-refractivity contribution in [2.45, 2.75) is 19.4 Å². The van der Waals surface area contributed by atoms with Crippen LogP contribution < -0.4 is 20.1 Å². The maximum Gasteiger partial charge on any atom is 0.226 e. The van der Waals surface area contributed by atoms with E-state index in [1.165, 1.54) is 0 Å². The quantitative estimate of drug-likeness (QED) is 0.275. The molecule has 2 N–H and O–H groups in total. The van der Waals surface area contributed by atoms with E-state index in [1.54, 1.807) is 18.2 Å². The highest BCUT2D eigenvalue weighted by molar-refractivity contribution is 7.80. The molecule has 8 heteroatoms. The smallest absolute Gasteiger partial charge is 0.226 e. The molecule has 3 aromatic rings. The van der Waals surface area contributed by atoms with Crippen molar-refractivity contribution in [3.05, 3.63) is 88.4 Å². The molecule has 0 spiro atoms. The van der Waals surface area contributed by atoms with Crippen LogP contribution in [0.2, 0.25) is 10.0 Å². The van der Waals surface area contributed by atoms with E-state index >= 15 is 0 Å². The van der Waals surface area contributed by atoms with E-state index in [0.717, 1.165) is 5.56 Å². The Morgan fingerprint density at radius 3 is 2.44 bits per heavy atom. The topological polar surface area (TPSA) is 59.6 Å². The number of halogens is 2. The predicted molar refractivity (Wildman–Crippen MR) is 133 cm³/mol. The molecule has 0 radical (unpaired) electrons. The van der Waals surface area contributed by atoms with Gasteiger partial charge in [-0.25, -0.2) is 0 Å². The highest BCUT2D eigenvalue weighted by Crippen LogP contribution is 2.27. The van der Waals surface area contributed by atoms with Gasteiger partial charge in [-0.15, -0.1) is 0 Å². The summed E-state index contributed by atoms with van der Waals surface area (Å²) >= 11 is 17.2. The standard InChI is InChI=1S/C24H22Cl2N2O3S/c25-18-12-13-21(19(26)15-18)30-14-6-11-23(29)28-24(32)27-20-9-4-5-10-22(20)31-16-17-7-2-1-3-8-17/h1-5,7-10,12-13,15H,6,11,14,16H2,(H2,27,28,29,32). The molecule has 0 aromatic heterocycles. The minimum absolute atomic E-state index is 0.201. The van der Waals surface area contributed by atoms with Gasteiger partial charge in [-0.3, -0.25) is 4.79 Å². The van der Waals surface area contributed by atoms with Crippen molar-refractivity contribution < 1.29 is 14.3 Å². The van der Waals surface area contributed by atoms with Crippen molar-refractivity contribution in [3.8, 4) is 11.5 Å². The summed E-state index contributed by atoms with van der Waals surface area (Å²) < 4.78 is 11.5. The minimum Gasteiger partial charge on any atom is -0.492 e. The van der Waals surface area contributed by atoms with Gasteiger partial charge >= 0.3 is 0 Å². The Balaban J connectivity index is 1.42. The number of nitrogens with one attached hydrogen (secondary N) is 2. The molecule has 3 aromatic carbocycles. The summed E-state index contributed by atoms with van der Waals surface area (Å²) in [6.07, 6.45) is 0.753. The first-order chi connectivity index (χ1) is 15.5. The maximum atomic E-state index is 12.2. The summed E-state index contributed by atoms with van der Waals surface area (Å²) in [5, 5.41) is 6.86. The van der Waals surface area contributed by atoms with Crippen molar-refractivity contribution >= 4 is 52.1 Å². The van der Waals surface area contributed by atoms with Crippen molar-refractivity contribution in [2.75, 3.05) is 11.9 Å². The summed E-state index contributed by atoms with van der Waals surface area (Å²) in [6, 6.07) is 22.3. The molecule has 0 heterocycles. The molecule has 5 nitrogen and oxygen atoms in total. The van der Waals surface area contributed by atoms with Crippen LogP contribution in [0.4, 0.5) is 5.69 Å². The van der Waals surface area contributed by atoms with E-state index in [4.69, 9.17) is 44.9 Å². The third kappa shape index (κ3) is 7.71.